The number of benzene rings is 2. The zero-order valence-electron chi connectivity index (χ0n) is 11.8. The topological polar surface area (TPSA) is 58.2 Å². The summed E-state index contributed by atoms with van der Waals surface area (Å²) in [6, 6.07) is 10.8. The van der Waals surface area contributed by atoms with Crippen molar-refractivity contribution >= 4 is 39.1 Å². The lowest BCUT2D eigenvalue weighted by Crippen LogP contribution is -2.14. The van der Waals surface area contributed by atoms with Crippen LogP contribution >= 0.6 is 15.9 Å². The molecule has 0 radical (unpaired) electrons. The molecule has 2 N–H and O–H groups in total. The van der Waals surface area contributed by atoms with Crippen LogP contribution in [0.4, 0.5) is 15.8 Å². The van der Waals surface area contributed by atoms with E-state index >= 15 is 0 Å². The predicted molar refractivity (Wildman–Crippen MR) is 87.4 cm³/mol. The maximum Gasteiger partial charge on any atom is 0.255 e. The normalized spacial score (nSPS) is 10.1. The molecule has 0 fully saturated rings. The summed E-state index contributed by atoms with van der Waals surface area (Å²) in [5, 5.41) is 5.17. The summed E-state index contributed by atoms with van der Waals surface area (Å²) in [7, 11) is 0. The Labute approximate surface area is 135 Å². The number of amides is 2. The number of anilines is 2. The van der Waals surface area contributed by atoms with Crippen molar-refractivity contribution in [3.05, 3.63) is 58.3 Å². The Balaban J connectivity index is 2.15. The second kappa shape index (κ2) is 7.17. The summed E-state index contributed by atoms with van der Waals surface area (Å²) >= 11 is 3.15. The number of hydrogen-bond acceptors (Lipinski definition) is 2. The second-order valence-electron chi connectivity index (χ2n) is 4.56. The first-order chi connectivity index (χ1) is 10.5. The molecule has 22 heavy (non-hydrogen) atoms. The minimum atomic E-state index is -0.529. The van der Waals surface area contributed by atoms with Crippen molar-refractivity contribution in [3.63, 3.8) is 0 Å². The van der Waals surface area contributed by atoms with Gasteiger partial charge in [0.25, 0.3) is 5.91 Å². The molecule has 6 heteroatoms. The summed E-state index contributed by atoms with van der Waals surface area (Å²) in [5.74, 6) is -1.12. The van der Waals surface area contributed by atoms with Crippen molar-refractivity contribution < 1.29 is 14.0 Å². The van der Waals surface area contributed by atoms with E-state index in [0.29, 0.717) is 22.1 Å². The second-order valence-corrected chi connectivity index (χ2v) is 5.48. The Morgan fingerprint density at radius 2 is 1.91 bits per heavy atom. The van der Waals surface area contributed by atoms with Crippen molar-refractivity contribution in [2.75, 3.05) is 10.6 Å². The molecule has 0 heterocycles. The fraction of sp³-hybridized carbons (Fsp3) is 0.125. The van der Waals surface area contributed by atoms with E-state index in [9.17, 15) is 14.0 Å². The van der Waals surface area contributed by atoms with Crippen LogP contribution in [0.3, 0.4) is 0 Å². The summed E-state index contributed by atoms with van der Waals surface area (Å²) in [4.78, 5) is 23.5. The van der Waals surface area contributed by atoms with Crippen molar-refractivity contribution in [1.29, 1.82) is 0 Å². The van der Waals surface area contributed by atoms with Crippen molar-refractivity contribution in [1.82, 2.24) is 0 Å². The van der Waals surface area contributed by atoms with E-state index in [4.69, 9.17) is 0 Å². The lowest BCUT2D eigenvalue weighted by Gasteiger charge is -2.09. The van der Waals surface area contributed by atoms with E-state index in [1.807, 2.05) is 0 Å². The van der Waals surface area contributed by atoms with Crippen molar-refractivity contribution in [2.45, 2.75) is 13.3 Å². The molecule has 0 spiro atoms. The third-order valence-corrected chi connectivity index (χ3v) is 3.40. The fourth-order valence-electron chi connectivity index (χ4n) is 1.77. The lowest BCUT2D eigenvalue weighted by atomic mass is 10.1. The molecular weight excluding hydrogens is 351 g/mol. The van der Waals surface area contributed by atoms with Crippen molar-refractivity contribution in [3.8, 4) is 0 Å². The van der Waals surface area contributed by atoms with Crippen LogP contribution in [0.25, 0.3) is 0 Å². The van der Waals surface area contributed by atoms with Crippen LogP contribution in [0, 0.1) is 5.82 Å². The van der Waals surface area contributed by atoms with Crippen LogP contribution in [0.2, 0.25) is 0 Å². The highest BCUT2D eigenvalue weighted by Gasteiger charge is 2.10. The minimum Gasteiger partial charge on any atom is -0.326 e. The Hall–Kier alpha value is -2.21. The Bertz CT molecular complexity index is 719. The molecule has 2 amide bonds. The minimum absolute atomic E-state index is 0.0937. The van der Waals surface area contributed by atoms with Gasteiger partial charge in [0.05, 0.1) is 5.69 Å². The molecule has 2 rings (SSSR count). The average Bonchev–Trinajstić information content (AvgIpc) is 2.50. The average molecular weight is 365 g/mol. The third kappa shape index (κ3) is 4.14. The number of hydrogen-bond donors (Lipinski definition) is 2. The highest BCUT2D eigenvalue weighted by atomic mass is 79.9. The molecule has 0 atom stereocenters. The first kappa shape index (κ1) is 16.2. The zero-order valence-corrected chi connectivity index (χ0v) is 13.4. The van der Waals surface area contributed by atoms with Gasteiger partial charge in [-0.3, -0.25) is 9.59 Å². The molecule has 0 aliphatic heterocycles. The Morgan fingerprint density at radius 1 is 1.14 bits per heavy atom. The molecule has 0 bridgehead atoms. The fourth-order valence-corrected chi connectivity index (χ4v) is 2.11. The van der Waals surface area contributed by atoms with Crippen LogP contribution in [-0.2, 0) is 4.79 Å². The SMILES string of the molecule is CCC(=O)Nc1cccc(C(=O)Nc2ccc(Br)cc2F)c1. The summed E-state index contributed by atoms with van der Waals surface area (Å²) in [6.45, 7) is 1.74. The van der Waals surface area contributed by atoms with Gasteiger partial charge in [0.2, 0.25) is 5.91 Å². The van der Waals surface area contributed by atoms with E-state index in [2.05, 4.69) is 26.6 Å². The molecule has 0 saturated heterocycles. The van der Waals surface area contributed by atoms with Gasteiger partial charge in [0.1, 0.15) is 5.82 Å². The quantitative estimate of drug-likeness (QED) is 0.854. The van der Waals surface area contributed by atoms with Gasteiger partial charge >= 0.3 is 0 Å². The van der Waals surface area contributed by atoms with Crippen molar-refractivity contribution in [2.24, 2.45) is 0 Å². The number of carbonyl (C=O) groups excluding carboxylic acids is 2. The van der Waals surface area contributed by atoms with E-state index in [1.165, 1.54) is 12.1 Å². The number of nitrogens with one attached hydrogen (secondary N) is 2. The van der Waals surface area contributed by atoms with E-state index < -0.39 is 11.7 Å². The highest BCUT2D eigenvalue weighted by molar-refractivity contribution is 9.10. The van der Waals surface area contributed by atoms with Crippen LogP contribution in [0.1, 0.15) is 23.7 Å². The predicted octanol–water partition coefficient (Wildman–Crippen LogP) is 4.19. The zero-order chi connectivity index (χ0) is 16.1. The monoisotopic (exact) mass is 364 g/mol. The smallest absolute Gasteiger partial charge is 0.255 e. The van der Waals surface area contributed by atoms with Crippen LogP contribution < -0.4 is 10.6 Å². The standard InChI is InChI=1S/C16H14BrFN2O2/c1-2-15(21)19-12-5-3-4-10(8-12)16(22)20-14-7-6-11(17)9-13(14)18/h3-9H,2H2,1H3,(H,19,21)(H,20,22). The van der Waals surface area contributed by atoms with Gasteiger partial charge in [0.15, 0.2) is 0 Å². The van der Waals surface area contributed by atoms with Gasteiger partial charge in [-0.25, -0.2) is 4.39 Å². The molecule has 2 aromatic rings. The van der Waals surface area contributed by atoms with E-state index in [-0.39, 0.29) is 11.6 Å². The first-order valence-electron chi connectivity index (χ1n) is 6.66. The molecule has 0 aliphatic carbocycles. The third-order valence-electron chi connectivity index (χ3n) is 2.91. The Morgan fingerprint density at radius 3 is 2.59 bits per heavy atom. The molecule has 0 saturated carbocycles. The molecule has 114 valence electrons. The lowest BCUT2D eigenvalue weighted by molar-refractivity contribution is -0.115. The molecule has 2 aromatic carbocycles. The Kier molecular flexibility index (Phi) is 5.27. The molecular formula is C16H14BrFN2O2. The summed E-state index contributed by atoms with van der Waals surface area (Å²) in [6.07, 6.45) is 0.348. The van der Waals surface area contributed by atoms with Gasteiger partial charge in [-0.2, -0.15) is 0 Å². The largest absolute Gasteiger partial charge is 0.326 e. The van der Waals surface area contributed by atoms with Gasteiger partial charge < -0.3 is 10.6 Å². The van der Waals surface area contributed by atoms with Crippen LogP contribution in [-0.4, -0.2) is 11.8 Å². The van der Waals surface area contributed by atoms with Crippen LogP contribution in [0.5, 0.6) is 0 Å². The molecule has 4 nitrogen and oxygen atoms in total. The van der Waals surface area contributed by atoms with Gasteiger partial charge in [-0.05, 0) is 36.4 Å². The molecule has 0 aromatic heterocycles. The maximum absolute atomic E-state index is 13.7. The van der Waals surface area contributed by atoms with Gasteiger partial charge in [-0.15, -0.1) is 0 Å². The van der Waals surface area contributed by atoms with Gasteiger partial charge in [0, 0.05) is 22.1 Å². The van der Waals surface area contributed by atoms with Crippen LogP contribution in [0.15, 0.2) is 46.9 Å². The highest BCUT2D eigenvalue weighted by Crippen LogP contribution is 2.20. The van der Waals surface area contributed by atoms with E-state index in [0.717, 1.165) is 0 Å². The number of carbonyl (C=O) groups is 2. The summed E-state index contributed by atoms with van der Waals surface area (Å²) in [5.41, 5.74) is 0.947. The van der Waals surface area contributed by atoms with Gasteiger partial charge in [-0.1, -0.05) is 28.9 Å². The number of rotatable bonds is 4. The molecule has 0 unspecified atom stereocenters. The number of halogens is 2. The molecule has 0 aliphatic rings. The van der Waals surface area contributed by atoms with E-state index in [1.54, 1.807) is 37.3 Å². The maximum atomic E-state index is 13.7. The summed E-state index contributed by atoms with van der Waals surface area (Å²) < 4.78 is 14.3. The first-order valence-corrected chi connectivity index (χ1v) is 7.45.